The van der Waals surface area contributed by atoms with Crippen molar-refractivity contribution in [2.24, 2.45) is 5.92 Å². The minimum absolute atomic E-state index is 0.726. The first kappa shape index (κ1) is 8.52. The van der Waals surface area contributed by atoms with Crippen LogP contribution >= 0.6 is 0 Å². The van der Waals surface area contributed by atoms with Crippen LogP contribution in [0.1, 0.15) is 26.7 Å². The van der Waals surface area contributed by atoms with Crippen LogP contribution in [0.25, 0.3) is 0 Å². The van der Waals surface area contributed by atoms with E-state index in [0.717, 1.165) is 18.0 Å². The second-order valence-electron chi connectivity index (χ2n) is 4.46. The van der Waals surface area contributed by atoms with Gasteiger partial charge in [0.05, 0.1) is 0 Å². The first-order chi connectivity index (χ1) is 5.77. The summed E-state index contributed by atoms with van der Waals surface area (Å²) in [5.41, 5.74) is 0. The van der Waals surface area contributed by atoms with Gasteiger partial charge in [0, 0.05) is 25.2 Å². The van der Waals surface area contributed by atoms with E-state index in [9.17, 15) is 0 Å². The second kappa shape index (κ2) is 3.35. The van der Waals surface area contributed by atoms with Gasteiger partial charge >= 0.3 is 0 Å². The Balaban J connectivity index is 1.83. The van der Waals surface area contributed by atoms with Gasteiger partial charge in [0.2, 0.25) is 0 Å². The standard InChI is InChI=1S/C10H20N2/c1-8-7-10(8)12-5-3-9(2)11-4-6-12/h8-11H,3-7H2,1-2H3. The van der Waals surface area contributed by atoms with E-state index in [1.807, 2.05) is 0 Å². The minimum Gasteiger partial charge on any atom is -0.313 e. The molecule has 0 aromatic carbocycles. The minimum atomic E-state index is 0.726. The van der Waals surface area contributed by atoms with Crippen molar-refractivity contribution in [2.45, 2.75) is 38.8 Å². The van der Waals surface area contributed by atoms with E-state index >= 15 is 0 Å². The fourth-order valence-electron chi connectivity index (χ4n) is 2.17. The van der Waals surface area contributed by atoms with Gasteiger partial charge < -0.3 is 5.32 Å². The molecule has 2 rings (SSSR count). The molecular weight excluding hydrogens is 148 g/mol. The zero-order valence-corrected chi connectivity index (χ0v) is 8.21. The summed E-state index contributed by atoms with van der Waals surface area (Å²) < 4.78 is 0. The Bertz CT molecular complexity index is 158. The van der Waals surface area contributed by atoms with Crippen molar-refractivity contribution in [3.8, 4) is 0 Å². The van der Waals surface area contributed by atoms with Gasteiger partial charge in [-0.05, 0) is 32.2 Å². The van der Waals surface area contributed by atoms with Gasteiger partial charge in [-0.1, -0.05) is 6.92 Å². The van der Waals surface area contributed by atoms with E-state index in [-0.39, 0.29) is 0 Å². The molecule has 12 heavy (non-hydrogen) atoms. The van der Waals surface area contributed by atoms with E-state index < -0.39 is 0 Å². The van der Waals surface area contributed by atoms with Crippen molar-refractivity contribution < 1.29 is 0 Å². The van der Waals surface area contributed by atoms with Crippen LogP contribution in [-0.4, -0.2) is 36.6 Å². The van der Waals surface area contributed by atoms with E-state index in [1.54, 1.807) is 0 Å². The monoisotopic (exact) mass is 168 g/mol. The van der Waals surface area contributed by atoms with Crippen LogP contribution in [0.3, 0.4) is 0 Å². The Kier molecular flexibility index (Phi) is 2.37. The predicted octanol–water partition coefficient (Wildman–Crippen LogP) is 1.08. The molecule has 3 atom stereocenters. The lowest BCUT2D eigenvalue weighted by atomic mass is 10.2. The van der Waals surface area contributed by atoms with Crippen molar-refractivity contribution in [3.05, 3.63) is 0 Å². The highest BCUT2D eigenvalue weighted by Gasteiger charge is 2.37. The molecule has 0 aromatic rings. The Morgan fingerprint density at radius 3 is 2.67 bits per heavy atom. The quantitative estimate of drug-likeness (QED) is 0.630. The lowest BCUT2D eigenvalue weighted by molar-refractivity contribution is 0.270. The molecule has 2 fully saturated rings. The topological polar surface area (TPSA) is 15.3 Å². The average Bonchev–Trinajstić information content (AvgIpc) is 2.75. The van der Waals surface area contributed by atoms with Gasteiger partial charge in [-0.25, -0.2) is 0 Å². The van der Waals surface area contributed by atoms with Crippen LogP contribution in [-0.2, 0) is 0 Å². The van der Waals surface area contributed by atoms with Gasteiger partial charge in [-0.2, -0.15) is 0 Å². The van der Waals surface area contributed by atoms with Gasteiger partial charge in [-0.3, -0.25) is 4.90 Å². The summed E-state index contributed by atoms with van der Waals surface area (Å²) in [6.45, 7) is 8.42. The SMILES string of the molecule is CC1CCN(C2CC2C)CCN1. The molecule has 1 heterocycles. The third kappa shape index (κ3) is 1.80. The van der Waals surface area contributed by atoms with Crippen molar-refractivity contribution in [3.63, 3.8) is 0 Å². The number of hydrogen-bond donors (Lipinski definition) is 1. The molecule has 0 spiro atoms. The maximum atomic E-state index is 3.53. The summed E-state index contributed by atoms with van der Waals surface area (Å²) >= 11 is 0. The van der Waals surface area contributed by atoms with Crippen LogP contribution in [0.2, 0.25) is 0 Å². The molecule has 70 valence electrons. The molecule has 1 aliphatic carbocycles. The van der Waals surface area contributed by atoms with Crippen LogP contribution in [0.4, 0.5) is 0 Å². The van der Waals surface area contributed by atoms with Crippen LogP contribution in [0.5, 0.6) is 0 Å². The smallest absolute Gasteiger partial charge is 0.0125 e. The molecule has 0 bridgehead atoms. The first-order valence-corrected chi connectivity index (χ1v) is 5.25. The fourth-order valence-corrected chi connectivity index (χ4v) is 2.17. The Hall–Kier alpha value is -0.0800. The molecule has 1 aliphatic heterocycles. The van der Waals surface area contributed by atoms with Crippen LogP contribution in [0.15, 0.2) is 0 Å². The molecule has 2 nitrogen and oxygen atoms in total. The zero-order valence-electron chi connectivity index (χ0n) is 8.21. The molecular formula is C10H20N2. The normalized spacial score (nSPS) is 44.0. The lowest BCUT2D eigenvalue weighted by Crippen LogP contribution is -2.31. The summed E-state index contributed by atoms with van der Waals surface area (Å²) in [5, 5.41) is 3.53. The van der Waals surface area contributed by atoms with Gasteiger partial charge in [0.1, 0.15) is 0 Å². The summed E-state index contributed by atoms with van der Waals surface area (Å²) in [6, 6.07) is 1.65. The number of nitrogens with zero attached hydrogens (tertiary/aromatic N) is 1. The first-order valence-electron chi connectivity index (χ1n) is 5.25. The van der Waals surface area contributed by atoms with Crippen molar-refractivity contribution in [1.82, 2.24) is 10.2 Å². The van der Waals surface area contributed by atoms with Crippen LogP contribution in [0, 0.1) is 5.92 Å². The molecule has 1 saturated heterocycles. The van der Waals surface area contributed by atoms with Gasteiger partial charge in [0.25, 0.3) is 0 Å². The predicted molar refractivity (Wildman–Crippen MR) is 51.2 cm³/mol. The Morgan fingerprint density at radius 2 is 2.00 bits per heavy atom. The molecule has 0 aromatic heterocycles. The molecule has 0 amide bonds. The highest BCUT2D eigenvalue weighted by molar-refractivity contribution is 4.93. The van der Waals surface area contributed by atoms with E-state index in [1.165, 1.54) is 32.5 Å². The van der Waals surface area contributed by atoms with Crippen molar-refractivity contribution in [1.29, 1.82) is 0 Å². The van der Waals surface area contributed by atoms with E-state index in [0.29, 0.717) is 0 Å². The Labute approximate surface area is 75.3 Å². The molecule has 2 heteroatoms. The second-order valence-corrected chi connectivity index (χ2v) is 4.46. The summed E-state index contributed by atoms with van der Waals surface area (Å²) in [4.78, 5) is 2.67. The highest BCUT2D eigenvalue weighted by Crippen LogP contribution is 2.35. The summed E-state index contributed by atoms with van der Waals surface area (Å²) in [6.07, 6.45) is 2.76. The lowest BCUT2D eigenvalue weighted by Gasteiger charge is -2.18. The van der Waals surface area contributed by atoms with E-state index in [4.69, 9.17) is 0 Å². The molecule has 2 aliphatic rings. The molecule has 1 saturated carbocycles. The van der Waals surface area contributed by atoms with Crippen LogP contribution < -0.4 is 5.32 Å². The fraction of sp³-hybridized carbons (Fsp3) is 1.00. The summed E-state index contributed by atoms with van der Waals surface area (Å²) in [7, 11) is 0. The van der Waals surface area contributed by atoms with Crippen molar-refractivity contribution >= 4 is 0 Å². The number of hydrogen-bond acceptors (Lipinski definition) is 2. The van der Waals surface area contributed by atoms with Gasteiger partial charge in [-0.15, -0.1) is 0 Å². The Morgan fingerprint density at radius 1 is 1.25 bits per heavy atom. The average molecular weight is 168 g/mol. The third-order valence-corrected chi connectivity index (χ3v) is 3.28. The van der Waals surface area contributed by atoms with Gasteiger partial charge in [0.15, 0.2) is 0 Å². The highest BCUT2D eigenvalue weighted by atomic mass is 15.2. The summed E-state index contributed by atoms with van der Waals surface area (Å²) in [5.74, 6) is 0.971. The third-order valence-electron chi connectivity index (χ3n) is 3.28. The molecule has 0 radical (unpaired) electrons. The molecule has 3 unspecified atom stereocenters. The zero-order chi connectivity index (χ0) is 8.55. The largest absolute Gasteiger partial charge is 0.313 e. The maximum absolute atomic E-state index is 3.53. The van der Waals surface area contributed by atoms with Crippen molar-refractivity contribution in [2.75, 3.05) is 19.6 Å². The molecule has 1 N–H and O–H groups in total. The van der Waals surface area contributed by atoms with E-state index in [2.05, 4.69) is 24.1 Å². The number of nitrogens with one attached hydrogen (secondary N) is 1. The maximum Gasteiger partial charge on any atom is 0.0125 e. The number of rotatable bonds is 1.